The molecule has 2 aromatic carbocycles. The molecule has 1 aliphatic rings. The Labute approximate surface area is 204 Å². The topological polar surface area (TPSA) is 69.9 Å². The van der Waals surface area contributed by atoms with Crippen LogP contribution in [0.3, 0.4) is 0 Å². The van der Waals surface area contributed by atoms with Crippen molar-refractivity contribution in [2.24, 2.45) is 4.99 Å². The Morgan fingerprint density at radius 1 is 1.24 bits per heavy atom. The molecule has 0 N–H and O–H groups in total. The number of thiazole rings is 1. The fraction of sp³-hybridized carbons (Fsp3) is 0.240. The molecule has 34 heavy (non-hydrogen) atoms. The lowest BCUT2D eigenvalue weighted by molar-refractivity contribution is -0.143. The van der Waals surface area contributed by atoms with Gasteiger partial charge in [-0.2, -0.15) is 0 Å². The van der Waals surface area contributed by atoms with E-state index in [9.17, 15) is 14.0 Å². The zero-order valence-corrected chi connectivity index (χ0v) is 20.5. The molecule has 9 heteroatoms. The number of fused-ring (bicyclic) bond motifs is 1. The van der Waals surface area contributed by atoms with E-state index in [4.69, 9.17) is 21.1 Å². The summed E-state index contributed by atoms with van der Waals surface area (Å²) in [6.07, 6.45) is 1.06. The third-order valence-electron chi connectivity index (χ3n) is 5.29. The van der Waals surface area contributed by atoms with Crippen LogP contribution in [0.4, 0.5) is 4.39 Å². The Morgan fingerprint density at radius 3 is 2.56 bits per heavy atom. The molecule has 0 fully saturated rings. The van der Waals surface area contributed by atoms with Crippen LogP contribution in [0.1, 0.15) is 37.9 Å². The first-order valence-corrected chi connectivity index (χ1v) is 11.7. The Morgan fingerprint density at radius 2 is 1.94 bits per heavy atom. The number of aromatic nitrogens is 1. The van der Waals surface area contributed by atoms with Crippen LogP contribution in [-0.4, -0.2) is 23.8 Å². The van der Waals surface area contributed by atoms with Crippen molar-refractivity contribution in [3.8, 4) is 5.75 Å². The molecule has 1 aromatic heterocycles. The normalized spacial score (nSPS) is 15.9. The molecule has 1 atom stereocenters. The minimum Gasteiger partial charge on any atom is -0.497 e. The minimum absolute atomic E-state index is 0.116. The van der Waals surface area contributed by atoms with E-state index in [1.54, 1.807) is 58.2 Å². The molecule has 0 radical (unpaired) electrons. The Balaban J connectivity index is 1.97. The van der Waals surface area contributed by atoms with Gasteiger partial charge in [0.05, 0.1) is 40.1 Å². The molecule has 1 aliphatic heterocycles. The Hall–Kier alpha value is -3.23. The number of benzene rings is 2. The number of hydrogen-bond acceptors (Lipinski definition) is 6. The summed E-state index contributed by atoms with van der Waals surface area (Å²) < 4.78 is 26.8. The van der Waals surface area contributed by atoms with Crippen molar-refractivity contribution >= 4 is 35.0 Å². The van der Waals surface area contributed by atoms with Gasteiger partial charge < -0.3 is 9.47 Å². The van der Waals surface area contributed by atoms with E-state index in [1.165, 1.54) is 22.8 Å². The number of carbonyl (C=O) groups is 1. The third-order valence-corrected chi connectivity index (χ3v) is 6.60. The highest BCUT2D eigenvalue weighted by Crippen LogP contribution is 2.32. The van der Waals surface area contributed by atoms with Crippen LogP contribution in [0.2, 0.25) is 5.02 Å². The predicted molar refractivity (Wildman–Crippen MR) is 129 cm³/mol. The molecular weight excluding hydrogens is 479 g/mol. The number of halogens is 2. The van der Waals surface area contributed by atoms with Crippen LogP contribution in [0.5, 0.6) is 5.75 Å². The average molecular weight is 501 g/mol. The van der Waals surface area contributed by atoms with Gasteiger partial charge in [0.15, 0.2) is 4.80 Å². The average Bonchev–Trinajstić information content (AvgIpc) is 3.09. The lowest BCUT2D eigenvalue weighted by atomic mass is 9.96. The maximum atomic E-state index is 14.4. The molecule has 0 saturated heterocycles. The van der Waals surface area contributed by atoms with Gasteiger partial charge in [-0.1, -0.05) is 41.1 Å². The highest BCUT2D eigenvalue weighted by atomic mass is 35.5. The van der Waals surface area contributed by atoms with Crippen molar-refractivity contribution < 1.29 is 18.7 Å². The summed E-state index contributed by atoms with van der Waals surface area (Å²) >= 11 is 7.27. The van der Waals surface area contributed by atoms with Gasteiger partial charge in [0.25, 0.3) is 5.56 Å². The number of hydrogen-bond donors (Lipinski definition) is 0. The molecule has 0 saturated carbocycles. The van der Waals surface area contributed by atoms with Gasteiger partial charge in [-0.3, -0.25) is 9.36 Å². The molecule has 176 valence electrons. The van der Waals surface area contributed by atoms with Crippen molar-refractivity contribution in [2.75, 3.05) is 7.11 Å². The zero-order valence-electron chi connectivity index (χ0n) is 19.0. The van der Waals surface area contributed by atoms with Crippen LogP contribution in [0, 0.1) is 5.82 Å². The number of esters is 1. The zero-order chi connectivity index (χ0) is 24.6. The highest BCUT2D eigenvalue weighted by molar-refractivity contribution is 7.07. The summed E-state index contributed by atoms with van der Waals surface area (Å²) in [5.74, 6) is -0.455. The summed E-state index contributed by atoms with van der Waals surface area (Å²) in [4.78, 5) is 31.6. The number of methoxy groups -OCH3 is 1. The Bertz CT molecular complexity index is 1450. The van der Waals surface area contributed by atoms with Crippen LogP contribution in [0.25, 0.3) is 6.08 Å². The molecule has 0 unspecified atom stereocenters. The summed E-state index contributed by atoms with van der Waals surface area (Å²) in [5.41, 5.74) is 1.10. The summed E-state index contributed by atoms with van der Waals surface area (Å²) in [6, 6.07) is 10.6. The van der Waals surface area contributed by atoms with Gasteiger partial charge in [0.2, 0.25) is 0 Å². The van der Waals surface area contributed by atoms with Crippen molar-refractivity contribution in [3.63, 3.8) is 0 Å². The number of rotatable bonds is 5. The lowest BCUT2D eigenvalue weighted by Crippen LogP contribution is -2.40. The first-order chi connectivity index (χ1) is 16.2. The Kier molecular flexibility index (Phi) is 6.72. The van der Waals surface area contributed by atoms with E-state index in [-0.39, 0.29) is 26.8 Å². The van der Waals surface area contributed by atoms with E-state index in [1.807, 2.05) is 0 Å². The SMILES string of the molecule is COc1ccc([C@@H]2C(C(=O)OC(C)C)=C(C)N=c3s/c(=C\c4c(F)cccc4Cl)c(=O)n32)cc1. The van der Waals surface area contributed by atoms with Gasteiger partial charge in [-0.25, -0.2) is 14.2 Å². The van der Waals surface area contributed by atoms with Gasteiger partial charge in [0.1, 0.15) is 11.6 Å². The number of ether oxygens (including phenoxy) is 2. The second kappa shape index (κ2) is 9.56. The molecular formula is C25H22ClFN2O4S. The molecule has 0 spiro atoms. The molecule has 6 nitrogen and oxygen atoms in total. The van der Waals surface area contributed by atoms with E-state index in [0.717, 1.165) is 11.3 Å². The molecule has 0 amide bonds. The van der Waals surface area contributed by atoms with Crippen molar-refractivity contribution in [2.45, 2.75) is 32.9 Å². The predicted octanol–water partition coefficient (Wildman–Crippen LogP) is 3.99. The van der Waals surface area contributed by atoms with Crippen molar-refractivity contribution in [1.82, 2.24) is 4.57 Å². The number of allylic oxidation sites excluding steroid dienone is 1. The van der Waals surface area contributed by atoms with Gasteiger partial charge in [0, 0.05) is 5.56 Å². The third kappa shape index (κ3) is 4.43. The summed E-state index contributed by atoms with van der Waals surface area (Å²) in [7, 11) is 1.56. The monoisotopic (exact) mass is 500 g/mol. The highest BCUT2D eigenvalue weighted by Gasteiger charge is 2.33. The lowest BCUT2D eigenvalue weighted by Gasteiger charge is -2.25. The summed E-state index contributed by atoms with van der Waals surface area (Å²) in [5, 5.41) is 0.190. The molecule has 2 heterocycles. The van der Waals surface area contributed by atoms with E-state index >= 15 is 0 Å². The fourth-order valence-corrected chi connectivity index (χ4v) is 4.99. The number of carbonyl (C=O) groups excluding carboxylic acids is 1. The molecule has 0 aliphatic carbocycles. The second-order valence-electron chi connectivity index (χ2n) is 7.94. The van der Waals surface area contributed by atoms with Gasteiger partial charge in [-0.15, -0.1) is 0 Å². The van der Waals surface area contributed by atoms with E-state index in [2.05, 4.69) is 4.99 Å². The van der Waals surface area contributed by atoms with Crippen LogP contribution in [0.15, 0.2) is 63.5 Å². The largest absolute Gasteiger partial charge is 0.497 e. The minimum atomic E-state index is -0.772. The first-order valence-electron chi connectivity index (χ1n) is 10.5. The summed E-state index contributed by atoms with van der Waals surface area (Å²) in [6.45, 7) is 5.21. The standard InChI is InChI=1S/C25H22ClFN2O4S/c1-13(2)33-24(31)21-14(3)28-25-29(22(21)15-8-10-16(32-4)11-9-15)23(30)20(34-25)12-17-18(26)6-5-7-19(17)27/h5-13,22H,1-4H3/b20-12-/t22-/m1/s1. The van der Waals surface area contributed by atoms with Crippen LogP contribution >= 0.6 is 22.9 Å². The first kappa shape index (κ1) is 23.9. The second-order valence-corrected chi connectivity index (χ2v) is 9.36. The van der Waals surface area contributed by atoms with Crippen molar-refractivity contribution in [3.05, 3.63) is 95.4 Å². The molecule has 4 rings (SSSR count). The van der Waals surface area contributed by atoms with E-state index < -0.39 is 23.4 Å². The molecule has 0 bridgehead atoms. The smallest absolute Gasteiger partial charge is 0.338 e. The quantitative estimate of drug-likeness (QED) is 0.497. The fourth-order valence-electron chi connectivity index (χ4n) is 3.74. The van der Waals surface area contributed by atoms with E-state index in [0.29, 0.717) is 21.8 Å². The van der Waals surface area contributed by atoms with Gasteiger partial charge in [-0.05, 0) is 56.7 Å². The maximum absolute atomic E-state index is 14.4. The van der Waals surface area contributed by atoms with Crippen molar-refractivity contribution in [1.29, 1.82) is 0 Å². The molecule has 3 aromatic rings. The maximum Gasteiger partial charge on any atom is 0.338 e. The van der Waals surface area contributed by atoms with Crippen LogP contribution in [-0.2, 0) is 9.53 Å². The number of nitrogens with zero attached hydrogens (tertiary/aromatic N) is 2. The van der Waals surface area contributed by atoms with Crippen LogP contribution < -0.4 is 19.6 Å². The van der Waals surface area contributed by atoms with Gasteiger partial charge >= 0.3 is 5.97 Å².